The van der Waals surface area contributed by atoms with Gasteiger partial charge in [0.05, 0.1) is 11.2 Å². The molecule has 3 aromatic heterocycles. The van der Waals surface area contributed by atoms with Crippen molar-refractivity contribution in [1.82, 2.24) is 24.3 Å². The van der Waals surface area contributed by atoms with Crippen molar-refractivity contribution in [2.75, 3.05) is 50.1 Å². The molecule has 0 N–H and O–H groups in total. The molecular formula is C20H23N7S. The smallest absolute Gasteiger partial charge is 0.193 e. The van der Waals surface area contributed by atoms with E-state index in [1.54, 1.807) is 17.7 Å². The van der Waals surface area contributed by atoms with Crippen LogP contribution in [0.3, 0.4) is 0 Å². The largest absolute Gasteiger partial charge is 0.369 e. The second kappa shape index (κ2) is 7.03. The van der Waals surface area contributed by atoms with Crippen LogP contribution < -0.4 is 9.80 Å². The number of anilines is 2. The molecule has 4 heterocycles. The lowest BCUT2D eigenvalue weighted by atomic mass is 10.1. The first kappa shape index (κ1) is 17.4. The Hall–Kier alpha value is -2.71. The summed E-state index contributed by atoms with van der Waals surface area (Å²) in [7, 11) is 4.04. The lowest BCUT2D eigenvalue weighted by Gasteiger charge is -2.36. The number of hydrogen-bond acceptors (Lipinski definition) is 7. The van der Waals surface area contributed by atoms with Crippen molar-refractivity contribution in [2.45, 2.75) is 6.54 Å². The van der Waals surface area contributed by atoms with Crippen molar-refractivity contribution in [3.63, 3.8) is 0 Å². The SMILES string of the molecule is CN(C)c1ncnc2ccc(N3CCN(Cc4cn5ccsc5n4)CC3)cc12. The van der Waals surface area contributed by atoms with Crippen LogP contribution in [-0.4, -0.2) is 64.5 Å². The molecule has 28 heavy (non-hydrogen) atoms. The van der Waals surface area contributed by atoms with Crippen LogP contribution in [0.2, 0.25) is 0 Å². The topological polar surface area (TPSA) is 52.8 Å². The summed E-state index contributed by atoms with van der Waals surface area (Å²) in [6, 6.07) is 6.50. The van der Waals surface area contributed by atoms with Gasteiger partial charge in [-0.1, -0.05) is 0 Å². The Morgan fingerprint density at radius 3 is 2.75 bits per heavy atom. The lowest BCUT2D eigenvalue weighted by Crippen LogP contribution is -2.46. The number of fused-ring (bicyclic) bond motifs is 2. The summed E-state index contributed by atoms with van der Waals surface area (Å²) in [6.07, 6.45) is 5.85. The minimum atomic E-state index is 0.915. The first-order valence-corrected chi connectivity index (χ1v) is 10.4. The molecule has 0 aliphatic carbocycles. The van der Waals surface area contributed by atoms with Gasteiger partial charge in [-0.2, -0.15) is 0 Å². The zero-order chi connectivity index (χ0) is 19.1. The molecule has 0 bridgehead atoms. The van der Waals surface area contributed by atoms with Crippen molar-refractivity contribution in [3.05, 3.63) is 48.0 Å². The van der Waals surface area contributed by atoms with E-state index < -0.39 is 0 Å². The Bertz CT molecular complexity index is 1080. The molecule has 0 radical (unpaired) electrons. The Morgan fingerprint density at radius 1 is 1.11 bits per heavy atom. The van der Waals surface area contributed by atoms with Crippen molar-refractivity contribution < 1.29 is 0 Å². The quantitative estimate of drug-likeness (QED) is 0.531. The van der Waals surface area contributed by atoms with Gasteiger partial charge in [0, 0.05) is 75.7 Å². The fraction of sp³-hybridized carbons (Fsp3) is 0.350. The Labute approximate surface area is 167 Å². The fourth-order valence-electron chi connectivity index (χ4n) is 3.83. The van der Waals surface area contributed by atoms with Crippen LogP contribution >= 0.6 is 11.3 Å². The maximum absolute atomic E-state index is 4.71. The molecule has 7 nitrogen and oxygen atoms in total. The van der Waals surface area contributed by atoms with E-state index >= 15 is 0 Å². The molecule has 0 saturated carbocycles. The zero-order valence-electron chi connectivity index (χ0n) is 16.1. The van der Waals surface area contributed by atoms with Gasteiger partial charge in [-0.05, 0) is 18.2 Å². The number of thiazole rings is 1. The van der Waals surface area contributed by atoms with Crippen LogP contribution in [0.25, 0.3) is 15.9 Å². The van der Waals surface area contributed by atoms with E-state index in [0.29, 0.717) is 0 Å². The van der Waals surface area contributed by atoms with Crippen LogP contribution in [0.5, 0.6) is 0 Å². The number of hydrogen-bond donors (Lipinski definition) is 0. The summed E-state index contributed by atoms with van der Waals surface area (Å²) in [4.78, 5) is 21.6. The van der Waals surface area contributed by atoms with Gasteiger partial charge in [-0.15, -0.1) is 11.3 Å². The molecule has 8 heteroatoms. The van der Waals surface area contributed by atoms with E-state index in [-0.39, 0.29) is 0 Å². The minimum absolute atomic E-state index is 0.915. The third kappa shape index (κ3) is 3.18. The van der Waals surface area contributed by atoms with Crippen molar-refractivity contribution in [3.8, 4) is 0 Å². The molecule has 1 saturated heterocycles. The van der Waals surface area contributed by atoms with E-state index in [1.807, 2.05) is 19.0 Å². The second-order valence-electron chi connectivity index (χ2n) is 7.38. The number of benzene rings is 1. The summed E-state index contributed by atoms with van der Waals surface area (Å²) in [5.41, 5.74) is 3.38. The first-order chi connectivity index (χ1) is 13.7. The summed E-state index contributed by atoms with van der Waals surface area (Å²) in [5.74, 6) is 0.963. The van der Waals surface area contributed by atoms with Crippen molar-refractivity contribution in [1.29, 1.82) is 0 Å². The molecule has 144 valence electrons. The summed E-state index contributed by atoms with van der Waals surface area (Å²) >= 11 is 1.68. The Balaban J connectivity index is 1.29. The van der Waals surface area contributed by atoms with Crippen molar-refractivity contribution >= 4 is 38.7 Å². The lowest BCUT2D eigenvalue weighted by molar-refractivity contribution is 0.247. The van der Waals surface area contributed by atoms with Crippen LogP contribution in [0.4, 0.5) is 11.5 Å². The molecule has 4 aromatic rings. The highest BCUT2D eigenvalue weighted by atomic mass is 32.1. The fourth-order valence-corrected chi connectivity index (χ4v) is 4.55. The predicted octanol–water partition coefficient (Wildman–Crippen LogP) is 2.73. The number of piperazine rings is 1. The highest BCUT2D eigenvalue weighted by Gasteiger charge is 2.19. The zero-order valence-corrected chi connectivity index (χ0v) is 16.9. The second-order valence-corrected chi connectivity index (χ2v) is 8.25. The molecule has 5 rings (SSSR count). The average molecular weight is 394 g/mol. The molecule has 1 aliphatic rings. The van der Waals surface area contributed by atoms with Crippen LogP contribution in [0, 0.1) is 0 Å². The molecule has 0 unspecified atom stereocenters. The number of nitrogens with zero attached hydrogens (tertiary/aromatic N) is 7. The van der Waals surface area contributed by atoms with E-state index in [1.165, 1.54) is 5.69 Å². The molecule has 1 aliphatic heterocycles. The Kier molecular flexibility index (Phi) is 4.37. The van der Waals surface area contributed by atoms with Crippen molar-refractivity contribution in [2.24, 2.45) is 0 Å². The highest BCUT2D eigenvalue weighted by Crippen LogP contribution is 2.27. The van der Waals surface area contributed by atoms with Gasteiger partial charge in [0.25, 0.3) is 0 Å². The van der Waals surface area contributed by atoms with E-state index in [2.05, 4.69) is 60.1 Å². The molecule has 0 spiro atoms. The minimum Gasteiger partial charge on any atom is -0.369 e. The third-order valence-electron chi connectivity index (χ3n) is 5.29. The number of imidazole rings is 1. The molecule has 1 aromatic carbocycles. The van der Waals surface area contributed by atoms with Gasteiger partial charge in [0.1, 0.15) is 12.1 Å². The molecule has 0 atom stereocenters. The Morgan fingerprint density at radius 2 is 1.96 bits per heavy atom. The van der Waals surface area contributed by atoms with Gasteiger partial charge < -0.3 is 9.80 Å². The molecular weight excluding hydrogens is 370 g/mol. The van der Waals surface area contributed by atoms with Gasteiger partial charge in [0.15, 0.2) is 4.96 Å². The molecule has 0 amide bonds. The van der Waals surface area contributed by atoms with Gasteiger partial charge in [-0.25, -0.2) is 15.0 Å². The van der Waals surface area contributed by atoms with E-state index in [9.17, 15) is 0 Å². The summed E-state index contributed by atoms with van der Waals surface area (Å²) in [5, 5.41) is 3.17. The number of rotatable bonds is 4. The normalized spacial score (nSPS) is 15.6. The summed E-state index contributed by atoms with van der Waals surface area (Å²) in [6.45, 7) is 5.01. The van der Waals surface area contributed by atoms with Gasteiger partial charge >= 0.3 is 0 Å². The maximum atomic E-state index is 4.71. The monoisotopic (exact) mass is 393 g/mol. The standard InChI is InChI=1S/C20H23N7S/c1-24(2)19-17-11-16(3-4-18(17)21-14-22-19)26-7-5-25(6-8-26)12-15-13-27-9-10-28-20(27)23-15/h3-4,9-11,13-14H,5-8,12H2,1-2H3. The summed E-state index contributed by atoms with van der Waals surface area (Å²) < 4.78 is 2.11. The van der Waals surface area contributed by atoms with E-state index in [0.717, 1.165) is 60.1 Å². The number of aromatic nitrogens is 4. The predicted molar refractivity (Wildman–Crippen MR) is 114 cm³/mol. The highest BCUT2D eigenvalue weighted by molar-refractivity contribution is 7.15. The van der Waals surface area contributed by atoms with Crippen LogP contribution in [-0.2, 0) is 6.54 Å². The maximum Gasteiger partial charge on any atom is 0.193 e. The van der Waals surface area contributed by atoms with Crippen LogP contribution in [0.15, 0.2) is 42.3 Å². The van der Waals surface area contributed by atoms with Gasteiger partial charge in [-0.3, -0.25) is 9.30 Å². The van der Waals surface area contributed by atoms with E-state index in [4.69, 9.17) is 4.98 Å². The first-order valence-electron chi connectivity index (χ1n) is 9.48. The van der Waals surface area contributed by atoms with Crippen LogP contribution in [0.1, 0.15) is 5.69 Å². The van der Waals surface area contributed by atoms with Gasteiger partial charge in [0.2, 0.25) is 0 Å². The third-order valence-corrected chi connectivity index (χ3v) is 6.06. The molecule has 1 fully saturated rings. The average Bonchev–Trinajstić information content (AvgIpc) is 3.29.